The Kier molecular flexibility index (Phi) is 3.94. The van der Waals surface area contributed by atoms with Gasteiger partial charge in [0.2, 0.25) is 0 Å². The topological polar surface area (TPSA) is 40.5 Å². The summed E-state index contributed by atoms with van der Waals surface area (Å²) in [6, 6.07) is 9.75. The molecule has 1 saturated heterocycles. The average molecular weight is 231 g/mol. The molecular weight excluding hydrogens is 214 g/mol. The summed E-state index contributed by atoms with van der Waals surface area (Å²) in [6.07, 6.45) is 5.83. The molecule has 1 atom stereocenters. The van der Waals surface area contributed by atoms with E-state index >= 15 is 0 Å². The number of nitrogens with zero attached hydrogens (tertiary/aromatic N) is 1. The van der Waals surface area contributed by atoms with Crippen molar-refractivity contribution in [2.24, 2.45) is 0 Å². The zero-order valence-corrected chi connectivity index (χ0v) is 9.75. The molecular formula is C14H17NO2. The number of likely N-dealkylation sites (tertiary alicyclic amines) is 1. The third-order valence-electron chi connectivity index (χ3n) is 3.10. The van der Waals surface area contributed by atoms with Crippen LogP contribution in [-0.2, 0) is 4.79 Å². The van der Waals surface area contributed by atoms with E-state index in [1.807, 2.05) is 47.4 Å². The van der Waals surface area contributed by atoms with E-state index in [9.17, 15) is 4.79 Å². The zero-order chi connectivity index (χ0) is 12.1. The molecule has 1 fully saturated rings. The van der Waals surface area contributed by atoms with Gasteiger partial charge < -0.3 is 5.11 Å². The summed E-state index contributed by atoms with van der Waals surface area (Å²) in [7, 11) is 0. The number of rotatable bonds is 4. The highest BCUT2D eigenvalue weighted by Crippen LogP contribution is 2.17. The molecule has 0 aliphatic carbocycles. The minimum Gasteiger partial charge on any atom is -0.480 e. The molecule has 0 aromatic heterocycles. The van der Waals surface area contributed by atoms with Crippen LogP contribution in [0.1, 0.15) is 18.4 Å². The van der Waals surface area contributed by atoms with Gasteiger partial charge in [0, 0.05) is 6.54 Å². The Morgan fingerprint density at radius 2 is 2.18 bits per heavy atom. The van der Waals surface area contributed by atoms with Crippen molar-refractivity contribution in [3.05, 3.63) is 42.0 Å². The average Bonchev–Trinajstić information content (AvgIpc) is 2.79. The third kappa shape index (κ3) is 3.17. The van der Waals surface area contributed by atoms with Crippen molar-refractivity contribution in [1.82, 2.24) is 4.90 Å². The van der Waals surface area contributed by atoms with Crippen molar-refractivity contribution < 1.29 is 9.90 Å². The van der Waals surface area contributed by atoms with Crippen molar-refractivity contribution in [3.63, 3.8) is 0 Å². The fourth-order valence-corrected chi connectivity index (χ4v) is 2.21. The van der Waals surface area contributed by atoms with Crippen molar-refractivity contribution in [3.8, 4) is 0 Å². The highest BCUT2D eigenvalue weighted by molar-refractivity contribution is 5.73. The van der Waals surface area contributed by atoms with Gasteiger partial charge in [-0.25, -0.2) is 0 Å². The number of carbonyl (C=O) groups is 1. The molecule has 1 N–H and O–H groups in total. The molecule has 17 heavy (non-hydrogen) atoms. The summed E-state index contributed by atoms with van der Waals surface area (Å²) >= 11 is 0. The monoisotopic (exact) mass is 231 g/mol. The van der Waals surface area contributed by atoms with Crippen molar-refractivity contribution in [1.29, 1.82) is 0 Å². The predicted octanol–water partition coefficient (Wildman–Crippen LogP) is 2.25. The largest absolute Gasteiger partial charge is 0.480 e. The van der Waals surface area contributed by atoms with Gasteiger partial charge in [0.1, 0.15) is 6.04 Å². The summed E-state index contributed by atoms with van der Waals surface area (Å²) < 4.78 is 0. The van der Waals surface area contributed by atoms with E-state index in [0.29, 0.717) is 6.54 Å². The maximum atomic E-state index is 11.0. The third-order valence-corrected chi connectivity index (χ3v) is 3.10. The molecule has 0 bridgehead atoms. The number of carboxylic acids is 1. The molecule has 90 valence electrons. The Labute approximate surface area is 101 Å². The Morgan fingerprint density at radius 1 is 1.41 bits per heavy atom. The number of hydrogen-bond donors (Lipinski definition) is 1. The fourth-order valence-electron chi connectivity index (χ4n) is 2.21. The maximum absolute atomic E-state index is 11.0. The molecule has 2 rings (SSSR count). The Hall–Kier alpha value is -1.61. The highest BCUT2D eigenvalue weighted by Gasteiger charge is 2.29. The first-order valence-electron chi connectivity index (χ1n) is 5.96. The molecule has 1 aromatic carbocycles. The van der Waals surface area contributed by atoms with Crippen molar-refractivity contribution in [2.45, 2.75) is 18.9 Å². The summed E-state index contributed by atoms with van der Waals surface area (Å²) in [5.74, 6) is -0.699. The van der Waals surface area contributed by atoms with E-state index < -0.39 is 5.97 Å². The predicted molar refractivity (Wildman–Crippen MR) is 67.7 cm³/mol. The first-order valence-corrected chi connectivity index (χ1v) is 5.96. The quantitative estimate of drug-likeness (QED) is 0.864. The number of carboxylic acid groups (broad SMARTS) is 1. The van der Waals surface area contributed by atoms with Crippen LogP contribution >= 0.6 is 0 Å². The number of hydrogen-bond acceptors (Lipinski definition) is 2. The molecule has 0 unspecified atom stereocenters. The van der Waals surface area contributed by atoms with Crippen LogP contribution in [0.15, 0.2) is 36.4 Å². The van der Waals surface area contributed by atoms with Crippen LogP contribution in [0.25, 0.3) is 6.08 Å². The maximum Gasteiger partial charge on any atom is 0.320 e. The van der Waals surface area contributed by atoms with Gasteiger partial charge in [0.15, 0.2) is 0 Å². The second-order valence-electron chi connectivity index (χ2n) is 4.30. The Balaban J connectivity index is 1.90. The summed E-state index contributed by atoms with van der Waals surface area (Å²) in [6.45, 7) is 1.60. The van der Waals surface area contributed by atoms with Crippen LogP contribution in [-0.4, -0.2) is 35.1 Å². The standard InChI is InChI=1S/C14H17NO2/c16-14(17)13-9-5-11-15(13)10-4-8-12-6-2-1-3-7-12/h1-4,6-8,13H,5,9-11H2,(H,16,17)/b8-4+/t13-/m1/s1. The van der Waals surface area contributed by atoms with Crippen LogP contribution in [0.3, 0.4) is 0 Å². The minimum absolute atomic E-state index is 0.296. The summed E-state index contributed by atoms with van der Waals surface area (Å²) in [4.78, 5) is 13.0. The lowest BCUT2D eigenvalue weighted by Gasteiger charge is -2.18. The molecule has 1 aliphatic heterocycles. The van der Waals surface area contributed by atoms with Crippen LogP contribution < -0.4 is 0 Å². The van der Waals surface area contributed by atoms with E-state index in [2.05, 4.69) is 0 Å². The van der Waals surface area contributed by atoms with E-state index in [4.69, 9.17) is 5.11 Å². The summed E-state index contributed by atoms with van der Waals surface area (Å²) in [5, 5.41) is 9.03. The summed E-state index contributed by atoms with van der Waals surface area (Å²) in [5.41, 5.74) is 1.15. The van der Waals surface area contributed by atoms with E-state index in [1.165, 1.54) is 0 Å². The molecule has 0 spiro atoms. The number of benzene rings is 1. The molecule has 3 heteroatoms. The van der Waals surface area contributed by atoms with Gasteiger partial charge in [-0.15, -0.1) is 0 Å². The number of aliphatic carboxylic acids is 1. The van der Waals surface area contributed by atoms with Crippen LogP contribution in [0.5, 0.6) is 0 Å². The fraction of sp³-hybridized carbons (Fsp3) is 0.357. The lowest BCUT2D eigenvalue weighted by atomic mass is 10.2. The lowest BCUT2D eigenvalue weighted by Crippen LogP contribution is -2.35. The van der Waals surface area contributed by atoms with E-state index in [1.54, 1.807) is 0 Å². The van der Waals surface area contributed by atoms with Gasteiger partial charge in [0.05, 0.1) is 0 Å². The smallest absolute Gasteiger partial charge is 0.320 e. The van der Waals surface area contributed by atoms with Gasteiger partial charge in [-0.1, -0.05) is 42.5 Å². The molecule has 0 amide bonds. The molecule has 1 heterocycles. The van der Waals surface area contributed by atoms with Gasteiger partial charge in [-0.05, 0) is 24.9 Å². The lowest BCUT2D eigenvalue weighted by molar-refractivity contribution is -0.141. The molecule has 3 nitrogen and oxygen atoms in total. The van der Waals surface area contributed by atoms with Crippen molar-refractivity contribution >= 4 is 12.0 Å². The van der Waals surface area contributed by atoms with Crippen LogP contribution in [0.4, 0.5) is 0 Å². The van der Waals surface area contributed by atoms with Gasteiger partial charge >= 0.3 is 5.97 Å². The molecule has 1 aromatic rings. The minimum atomic E-state index is -0.699. The Bertz CT molecular complexity index is 400. The first-order chi connectivity index (χ1) is 8.27. The van der Waals surface area contributed by atoms with Crippen LogP contribution in [0, 0.1) is 0 Å². The Morgan fingerprint density at radius 3 is 2.88 bits per heavy atom. The van der Waals surface area contributed by atoms with Gasteiger partial charge in [0.25, 0.3) is 0 Å². The van der Waals surface area contributed by atoms with E-state index in [-0.39, 0.29) is 6.04 Å². The second-order valence-corrected chi connectivity index (χ2v) is 4.30. The van der Waals surface area contributed by atoms with Crippen LogP contribution in [0.2, 0.25) is 0 Å². The second kappa shape index (κ2) is 5.64. The highest BCUT2D eigenvalue weighted by atomic mass is 16.4. The normalized spacial score (nSPS) is 21.1. The van der Waals surface area contributed by atoms with Gasteiger partial charge in [-0.3, -0.25) is 9.69 Å². The first kappa shape index (κ1) is 11.9. The van der Waals surface area contributed by atoms with Gasteiger partial charge in [-0.2, -0.15) is 0 Å². The zero-order valence-electron chi connectivity index (χ0n) is 9.75. The molecule has 0 radical (unpaired) electrons. The molecule has 0 saturated carbocycles. The SMILES string of the molecule is O=C(O)[C@H]1CCCN1C/C=C/c1ccccc1. The van der Waals surface area contributed by atoms with E-state index in [0.717, 1.165) is 24.9 Å². The van der Waals surface area contributed by atoms with Crippen molar-refractivity contribution in [2.75, 3.05) is 13.1 Å². The molecule has 1 aliphatic rings.